The van der Waals surface area contributed by atoms with Gasteiger partial charge in [0, 0.05) is 24.6 Å². The van der Waals surface area contributed by atoms with E-state index in [1.165, 1.54) is 42.5 Å². The summed E-state index contributed by atoms with van der Waals surface area (Å²) in [6.45, 7) is 2.20. The van der Waals surface area contributed by atoms with Crippen molar-refractivity contribution in [3.8, 4) is 0 Å². The summed E-state index contributed by atoms with van der Waals surface area (Å²) in [5.74, 6) is -0.829. The smallest absolute Gasteiger partial charge is 0.262 e. The quantitative estimate of drug-likeness (QED) is 0.782. The lowest BCUT2D eigenvalue weighted by molar-refractivity contribution is -0.0969. The molecular formula is C21H23FN2O5S. The highest BCUT2D eigenvalue weighted by molar-refractivity contribution is 7.92. The van der Waals surface area contributed by atoms with Crippen LogP contribution in [0.5, 0.6) is 0 Å². The van der Waals surface area contributed by atoms with E-state index in [9.17, 15) is 17.6 Å². The van der Waals surface area contributed by atoms with Crippen molar-refractivity contribution in [2.24, 2.45) is 5.92 Å². The minimum absolute atomic E-state index is 0.0971. The average molecular weight is 434 g/mol. The van der Waals surface area contributed by atoms with Gasteiger partial charge in [-0.1, -0.05) is 18.2 Å². The molecule has 2 aromatic rings. The topological polar surface area (TPSA) is 84.9 Å². The van der Waals surface area contributed by atoms with Crippen molar-refractivity contribution in [2.75, 3.05) is 31.0 Å². The number of rotatable bonds is 5. The van der Waals surface area contributed by atoms with Crippen molar-refractivity contribution in [2.45, 2.75) is 24.0 Å². The van der Waals surface area contributed by atoms with Gasteiger partial charge in [0.15, 0.2) is 6.29 Å². The van der Waals surface area contributed by atoms with Crippen LogP contribution in [0.2, 0.25) is 0 Å². The minimum atomic E-state index is -4.05. The summed E-state index contributed by atoms with van der Waals surface area (Å²) in [7, 11) is -4.05. The van der Waals surface area contributed by atoms with Gasteiger partial charge in [0.05, 0.1) is 23.8 Å². The zero-order chi connectivity index (χ0) is 21.1. The Hall–Kier alpha value is -2.49. The second kappa shape index (κ2) is 8.71. The first-order valence-electron chi connectivity index (χ1n) is 9.84. The molecule has 0 saturated carbocycles. The Labute approximate surface area is 174 Å². The first-order chi connectivity index (χ1) is 14.4. The van der Waals surface area contributed by atoms with Crippen LogP contribution in [0.15, 0.2) is 53.4 Å². The number of halogens is 1. The number of sulfonamides is 1. The summed E-state index contributed by atoms with van der Waals surface area (Å²) in [6.07, 6.45) is 1.44. The highest BCUT2D eigenvalue weighted by Gasteiger charge is 2.33. The van der Waals surface area contributed by atoms with E-state index in [1.807, 2.05) is 0 Å². The molecule has 2 saturated heterocycles. The Morgan fingerprint density at radius 3 is 2.63 bits per heavy atom. The molecule has 2 aromatic carbocycles. The third-order valence-corrected chi connectivity index (χ3v) is 6.65. The molecule has 1 N–H and O–H groups in total. The van der Waals surface area contributed by atoms with Crippen LogP contribution in [-0.2, 0) is 19.5 Å². The molecule has 2 fully saturated rings. The molecule has 160 valence electrons. The van der Waals surface area contributed by atoms with E-state index in [-0.39, 0.29) is 34.3 Å². The molecule has 30 heavy (non-hydrogen) atoms. The number of hydrogen-bond donors (Lipinski definition) is 1. The average Bonchev–Trinajstić information content (AvgIpc) is 3.30. The van der Waals surface area contributed by atoms with Crippen LogP contribution in [0.3, 0.4) is 0 Å². The number of likely N-dealkylation sites (tertiary alicyclic amines) is 1. The standard InChI is InChI=1S/C21H23FN2O5S/c22-18-8-1-2-9-19(18)23-30(26,27)17-7-3-5-15(13-17)20(25)24-10-4-6-16(14-24)21-28-11-12-29-21/h1-3,5,7-9,13,16,21,23H,4,6,10-12,14H2. The van der Waals surface area contributed by atoms with Crippen molar-refractivity contribution in [1.29, 1.82) is 0 Å². The summed E-state index contributed by atoms with van der Waals surface area (Å²) < 4.78 is 52.6. The maximum Gasteiger partial charge on any atom is 0.262 e. The fourth-order valence-corrected chi connectivity index (χ4v) is 4.90. The maximum atomic E-state index is 13.8. The number of ether oxygens (including phenoxy) is 2. The molecule has 0 aromatic heterocycles. The zero-order valence-electron chi connectivity index (χ0n) is 16.3. The predicted molar refractivity (Wildman–Crippen MR) is 108 cm³/mol. The number of para-hydroxylation sites is 1. The number of benzene rings is 2. The number of carbonyl (C=O) groups excluding carboxylic acids is 1. The second-order valence-corrected chi connectivity index (χ2v) is 9.06. The first-order valence-corrected chi connectivity index (χ1v) is 11.3. The monoisotopic (exact) mass is 434 g/mol. The Balaban J connectivity index is 1.51. The van der Waals surface area contributed by atoms with Gasteiger partial charge >= 0.3 is 0 Å². The zero-order valence-corrected chi connectivity index (χ0v) is 17.1. The summed E-state index contributed by atoms with van der Waals surface area (Å²) in [5.41, 5.74) is 0.116. The van der Waals surface area contributed by atoms with E-state index in [2.05, 4.69) is 4.72 Å². The predicted octanol–water partition coefficient (Wildman–Crippen LogP) is 2.85. The van der Waals surface area contributed by atoms with Crippen molar-refractivity contribution in [3.05, 3.63) is 59.9 Å². The van der Waals surface area contributed by atoms with Crippen LogP contribution >= 0.6 is 0 Å². The summed E-state index contributed by atoms with van der Waals surface area (Å²) in [4.78, 5) is 14.6. The number of hydrogen-bond acceptors (Lipinski definition) is 5. The highest BCUT2D eigenvalue weighted by Crippen LogP contribution is 2.26. The number of nitrogens with one attached hydrogen (secondary N) is 1. The van der Waals surface area contributed by atoms with Crippen LogP contribution in [0.4, 0.5) is 10.1 Å². The molecule has 1 atom stereocenters. The van der Waals surface area contributed by atoms with Crippen molar-refractivity contribution in [1.82, 2.24) is 4.90 Å². The summed E-state index contributed by atoms with van der Waals surface area (Å²) in [5, 5.41) is 0. The van der Waals surface area contributed by atoms with Gasteiger partial charge in [0.2, 0.25) is 0 Å². The molecule has 0 aliphatic carbocycles. The Kier molecular flexibility index (Phi) is 6.03. The molecule has 2 heterocycles. The molecular weight excluding hydrogens is 411 g/mol. The SMILES string of the molecule is O=C(c1cccc(S(=O)(=O)Nc2ccccc2F)c1)N1CCCC(C2OCCO2)C1. The molecule has 0 bridgehead atoms. The van der Waals surface area contributed by atoms with Gasteiger partial charge in [-0.3, -0.25) is 9.52 Å². The van der Waals surface area contributed by atoms with E-state index in [1.54, 1.807) is 11.0 Å². The molecule has 4 rings (SSSR count). The minimum Gasteiger partial charge on any atom is -0.350 e. The largest absolute Gasteiger partial charge is 0.350 e. The molecule has 7 nitrogen and oxygen atoms in total. The van der Waals surface area contributed by atoms with Crippen LogP contribution in [-0.4, -0.2) is 51.8 Å². The van der Waals surface area contributed by atoms with Crippen molar-refractivity contribution < 1.29 is 27.1 Å². The number of carbonyl (C=O) groups is 1. The van der Waals surface area contributed by atoms with Gasteiger partial charge in [-0.25, -0.2) is 12.8 Å². The molecule has 9 heteroatoms. The number of piperidine rings is 1. The van der Waals surface area contributed by atoms with E-state index in [0.29, 0.717) is 26.3 Å². The maximum absolute atomic E-state index is 13.8. The summed E-state index contributed by atoms with van der Waals surface area (Å²) >= 11 is 0. The normalized spacial score (nSPS) is 20.3. The van der Waals surface area contributed by atoms with Crippen LogP contribution < -0.4 is 4.72 Å². The molecule has 1 amide bonds. The fourth-order valence-electron chi connectivity index (χ4n) is 3.79. The lowest BCUT2D eigenvalue weighted by Gasteiger charge is -2.34. The van der Waals surface area contributed by atoms with Gasteiger partial charge in [-0.2, -0.15) is 0 Å². The van der Waals surface area contributed by atoms with E-state index in [4.69, 9.17) is 9.47 Å². The van der Waals surface area contributed by atoms with Gasteiger partial charge in [0.25, 0.3) is 15.9 Å². The summed E-state index contributed by atoms with van der Waals surface area (Å²) in [6, 6.07) is 11.3. The van der Waals surface area contributed by atoms with Crippen molar-refractivity contribution >= 4 is 21.6 Å². The Bertz CT molecular complexity index is 1020. The lowest BCUT2D eigenvalue weighted by atomic mass is 9.96. The molecule has 0 radical (unpaired) electrons. The number of anilines is 1. The van der Waals surface area contributed by atoms with Gasteiger partial charge in [-0.15, -0.1) is 0 Å². The number of nitrogens with zero attached hydrogens (tertiary/aromatic N) is 1. The molecule has 1 unspecified atom stereocenters. The van der Waals surface area contributed by atoms with E-state index in [0.717, 1.165) is 12.8 Å². The first kappa shape index (κ1) is 20.8. The van der Waals surface area contributed by atoms with Gasteiger partial charge in [0.1, 0.15) is 5.82 Å². The van der Waals surface area contributed by atoms with Crippen LogP contribution in [0.25, 0.3) is 0 Å². The molecule has 2 aliphatic heterocycles. The second-order valence-electron chi connectivity index (χ2n) is 7.38. The fraction of sp³-hybridized carbons (Fsp3) is 0.381. The third-order valence-electron chi connectivity index (χ3n) is 5.29. The third kappa shape index (κ3) is 4.48. The van der Waals surface area contributed by atoms with Crippen molar-refractivity contribution in [3.63, 3.8) is 0 Å². The van der Waals surface area contributed by atoms with Gasteiger partial charge < -0.3 is 14.4 Å². The van der Waals surface area contributed by atoms with Gasteiger partial charge in [-0.05, 0) is 43.2 Å². The molecule has 0 spiro atoms. The lowest BCUT2D eigenvalue weighted by Crippen LogP contribution is -2.43. The van der Waals surface area contributed by atoms with Crippen LogP contribution in [0.1, 0.15) is 23.2 Å². The Morgan fingerprint density at radius 1 is 1.10 bits per heavy atom. The Morgan fingerprint density at radius 2 is 1.87 bits per heavy atom. The number of amides is 1. The van der Waals surface area contributed by atoms with E-state index < -0.39 is 15.8 Å². The van der Waals surface area contributed by atoms with E-state index >= 15 is 0 Å². The highest BCUT2D eigenvalue weighted by atomic mass is 32.2. The molecule has 2 aliphatic rings. The van der Waals surface area contributed by atoms with Crippen LogP contribution in [0, 0.1) is 11.7 Å².